The van der Waals surface area contributed by atoms with Gasteiger partial charge in [0.05, 0.1) is 0 Å². The molecule has 10 nitrogen and oxygen atoms in total. The van der Waals surface area contributed by atoms with Gasteiger partial charge in [-0.05, 0) is 62.1 Å². The first-order valence-corrected chi connectivity index (χ1v) is 14.2. The predicted octanol–water partition coefficient (Wildman–Crippen LogP) is 5.60. The molecule has 0 spiro atoms. The molecule has 2 rings (SSSR count). The van der Waals surface area contributed by atoms with E-state index in [0.29, 0.717) is 5.56 Å². The van der Waals surface area contributed by atoms with Crippen LogP contribution in [-0.4, -0.2) is 47.4 Å². The van der Waals surface area contributed by atoms with Gasteiger partial charge in [0.1, 0.15) is 18.2 Å². The van der Waals surface area contributed by atoms with E-state index in [-0.39, 0.29) is 42.3 Å². The number of carboxylic acids is 1. The zero-order chi connectivity index (χ0) is 30.0. The van der Waals surface area contributed by atoms with Crippen molar-refractivity contribution in [2.45, 2.75) is 111 Å². The molecule has 0 heterocycles. The molecule has 10 heteroatoms. The van der Waals surface area contributed by atoms with E-state index < -0.39 is 48.0 Å². The maximum Gasteiger partial charge on any atom is 0.508 e. The molecule has 1 aromatic carbocycles. The van der Waals surface area contributed by atoms with Gasteiger partial charge in [-0.15, -0.1) is 0 Å². The average molecular weight is 564 g/mol. The van der Waals surface area contributed by atoms with E-state index in [1.807, 2.05) is 27.7 Å². The maximum atomic E-state index is 12.5. The molecule has 1 saturated carbocycles. The van der Waals surface area contributed by atoms with Crippen molar-refractivity contribution < 1.29 is 43.2 Å². The van der Waals surface area contributed by atoms with Crippen molar-refractivity contribution in [3.05, 3.63) is 23.8 Å². The Balaban J connectivity index is 2.35. The molecule has 0 saturated heterocycles. The zero-order valence-corrected chi connectivity index (χ0v) is 24.5. The number of esters is 2. The summed E-state index contributed by atoms with van der Waals surface area (Å²) in [5.41, 5.74) is 6.56. The van der Waals surface area contributed by atoms with Crippen molar-refractivity contribution in [1.82, 2.24) is 0 Å². The summed E-state index contributed by atoms with van der Waals surface area (Å²) in [6.45, 7) is 10.9. The fourth-order valence-electron chi connectivity index (χ4n) is 4.78. The third kappa shape index (κ3) is 10.4. The fourth-order valence-corrected chi connectivity index (χ4v) is 4.78. The molecule has 1 fully saturated rings. The number of ether oxygens (including phenoxy) is 4. The number of nitrogens with two attached hydrogens (primary N) is 1. The fraction of sp³-hybridized carbons (Fsp3) is 0.667. The van der Waals surface area contributed by atoms with Crippen molar-refractivity contribution in [2.75, 3.05) is 0 Å². The summed E-state index contributed by atoms with van der Waals surface area (Å²) in [6, 6.07) is 3.13. The first kappa shape index (κ1) is 33.1. The van der Waals surface area contributed by atoms with Crippen LogP contribution in [0.2, 0.25) is 0 Å². The second-order valence-electron chi connectivity index (χ2n) is 11.6. The Hall–Kier alpha value is -3.14. The van der Waals surface area contributed by atoms with Crippen LogP contribution in [0.15, 0.2) is 18.2 Å². The Labute approximate surface area is 236 Å². The molecule has 1 aliphatic rings. The Bertz CT molecular complexity index is 1020. The van der Waals surface area contributed by atoms with Crippen LogP contribution in [0, 0.1) is 17.8 Å². The van der Waals surface area contributed by atoms with Crippen LogP contribution in [0.1, 0.15) is 98.0 Å². The molecular formula is C30H45NO9. The topological polar surface area (TPSA) is 151 Å². The lowest BCUT2D eigenvalue weighted by Gasteiger charge is -2.32. The molecule has 0 bridgehead atoms. The number of hydrogen-bond donors (Lipinski definition) is 2. The lowest BCUT2D eigenvalue weighted by Crippen LogP contribution is -2.43. The van der Waals surface area contributed by atoms with Gasteiger partial charge >= 0.3 is 24.1 Å². The number of carbonyl (C=O) groups excluding carboxylic acids is 3. The molecule has 1 aromatic rings. The van der Waals surface area contributed by atoms with Crippen molar-refractivity contribution in [3.8, 4) is 11.5 Å². The van der Waals surface area contributed by atoms with Crippen molar-refractivity contribution in [3.63, 3.8) is 0 Å². The average Bonchev–Trinajstić information content (AvgIpc) is 2.84. The largest absolute Gasteiger partial charge is 0.508 e. The third-order valence-corrected chi connectivity index (χ3v) is 7.03. The van der Waals surface area contributed by atoms with Gasteiger partial charge in [-0.2, -0.15) is 0 Å². The van der Waals surface area contributed by atoms with E-state index in [9.17, 15) is 24.3 Å². The molecule has 4 atom stereocenters. The van der Waals surface area contributed by atoms with Gasteiger partial charge < -0.3 is 29.8 Å². The van der Waals surface area contributed by atoms with Gasteiger partial charge in [-0.25, -0.2) is 4.79 Å². The van der Waals surface area contributed by atoms with Crippen LogP contribution < -0.4 is 15.2 Å². The highest BCUT2D eigenvalue weighted by Crippen LogP contribution is 2.37. The quantitative estimate of drug-likeness (QED) is 0.229. The minimum atomic E-state index is -1.37. The minimum Gasteiger partial charge on any atom is -0.480 e. The van der Waals surface area contributed by atoms with Crippen molar-refractivity contribution in [2.24, 2.45) is 23.5 Å². The first-order chi connectivity index (χ1) is 18.8. The van der Waals surface area contributed by atoms with Crippen LogP contribution in [-0.2, 0) is 23.9 Å². The number of carboxylic acid groups (broad SMARTS) is 1. The molecular weight excluding hydrogens is 518 g/mol. The summed E-state index contributed by atoms with van der Waals surface area (Å²) in [5.74, 6) is -3.57. The monoisotopic (exact) mass is 563 g/mol. The van der Waals surface area contributed by atoms with Gasteiger partial charge in [0, 0.05) is 24.7 Å². The molecule has 224 valence electrons. The number of rotatable bonds is 13. The summed E-state index contributed by atoms with van der Waals surface area (Å²) in [5, 5.41) is 9.80. The maximum absolute atomic E-state index is 12.5. The third-order valence-electron chi connectivity index (χ3n) is 7.03. The van der Waals surface area contributed by atoms with Gasteiger partial charge in [-0.3, -0.25) is 14.4 Å². The van der Waals surface area contributed by atoms with E-state index in [2.05, 4.69) is 0 Å². The molecule has 40 heavy (non-hydrogen) atoms. The van der Waals surface area contributed by atoms with Gasteiger partial charge in [0.25, 0.3) is 0 Å². The van der Waals surface area contributed by atoms with Crippen LogP contribution in [0.25, 0.3) is 0 Å². The smallest absolute Gasteiger partial charge is 0.480 e. The summed E-state index contributed by atoms with van der Waals surface area (Å²) in [6.07, 6.45) is 3.24. The Morgan fingerprint density at radius 1 is 0.875 bits per heavy atom. The summed E-state index contributed by atoms with van der Waals surface area (Å²) in [7, 11) is 0. The summed E-state index contributed by atoms with van der Waals surface area (Å²) < 4.78 is 22.1. The highest BCUT2D eigenvalue weighted by Gasteiger charge is 2.36. The van der Waals surface area contributed by atoms with Crippen molar-refractivity contribution >= 4 is 24.1 Å². The highest BCUT2D eigenvalue weighted by atomic mass is 16.7. The van der Waals surface area contributed by atoms with E-state index >= 15 is 0 Å². The molecule has 0 aliphatic heterocycles. The molecule has 0 amide bonds. The van der Waals surface area contributed by atoms with E-state index in [0.717, 1.165) is 32.1 Å². The zero-order valence-electron chi connectivity index (χ0n) is 24.5. The van der Waals surface area contributed by atoms with Crippen LogP contribution >= 0.6 is 0 Å². The number of hydrogen-bond acceptors (Lipinski definition) is 9. The SMILES string of the molecule is CC(C)CC(=O)Oc1ccc(C(C(C)C(C)OC(=O)OC2CCCCC2)[C@H](N)C(=O)O)cc1OC(=O)CC(C)C. The second-order valence-corrected chi connectivity index (χ2v) is 11.6. The van der Waals surface area contributed by atoms with Crippen LogP contribution in [0.3, 0.4) is 0 Å². The second kappa shape index (κ2) is 15.6. The number of carbonyl (C=O) groups is 4. The molecule has 0 aromatic heterocycles. The molecule has 1 aliphatic carbocycles. The van der Waals surface area contributed by atoms with Gasteiger partial charge in [-0.1, -0.05) is 47.1 Å². The number of benzene rings is 1. The molecule has 0 radical (unpaired) electrons. The highest BCUT2D eigenvalue weighted by molar-refractivity contribution is 5.77. The van der Waals surface area contributed by atoms with E-state index in [1.165, 1.54) is 12.1 Å². The van der Waals surface area contributed by atoms with Gasteiger partial charge in [0.2, 0.25) is 0 Å². The standard InChI is InChI=1S/C30H45NO9/c1-17(2)14-25(32)39-23-13-12-21(16-24(23)40-26(33)15-18(3)4)27(28(31)29(34)35)19(5)20(6)37-30(36)38-22-10-8-7-9-11-22/h12-13,16-20,22,27-28H,7-11,14-15,31H2,1-6H3,(H,34,35)/t19?,20?,27?,28-/m0/s1. The molecule has 3 N–H and O–H groups in total. The summed E-state index contributed by atoms with van der Waals surface area (Å²) >= 11 is 0. The number of aliphatic carboxylic acids is 1. The first-order valence-electron chi connectivity index (χ1n) is 14.2. The summed E-state index contributed by atoms with van der Waals surface area (Å²) in [4.78, 5) is 49.4. The van der Waals surface area contributed by atoms with Gasteiger partial charge in [0.15, 0.2) is 11.5 Å². The predicted molar refractivity (Wildman–Crippen MR) is 148 cm³/mol. The minimum absolute atomic E-state index is 0.0136. The Kier molecular flexibility index (Phi) is 12.9. The van der Waals surface area contributed by atoms with Crippen LogP contribution in [0.4, 0.5) is 4.79 Å². The Morgan fingerprint density at radius 3 is 1.95 bits per heavy atom. The van der Waals surface area contributed by atoms with Crippen molar-refractivity contribution in [1.29, 1.82) is 0 Å². The van der Waals surface area contributed by atoms with E-state index in [1.54, 1.807) is 19.9 Å². The lowest BCUT2D eigenvalue weighted by molar-refractivity contribution is -0.140. The Morgan fingerprint density at radius 2 is 1.43 bits per heavy atom. The van der Waals surface area contributed by atoms with E-state index in [4.69, 9.17) is 24.7 Å². The van der Waals surface area contributed by atoms with Crippen LogP contribution in [0.5, 0.6) is 11.5 Å². The lowest BCUT2D eigenvalue weighted by atomic mass is 9.79. The molecule has 3 unspecified atom stereocenters. The normalized spacial score (nSPS) is 17.0.